The molecule has 128 valence electrons. The largest absolute Gasteiger partial charge is 0.338 e. The average molecular weight is 329 g/mol. The predicted octanol–water partition coefficient (Wildman–Crippen LogP) is 2.69. The third-order valence-corrected chi connectivity index (χ3v) is 3.42. The molecule has 2 rings (SSSR count). The molecule has 2 aromatic rings. The molecule has 1 aromatic heterocycles. The Kier molecular flexibility index (Phi) is 6.36. The highest BCUT2D eigenvalue weighted by Crippen LogP contribution is 2.13. The van der Waals surface area contributed by atoms with Crippen molar-refractivity contribution >= 4 is 23.3 Å². The molecule has 0 saturated heterocycles. The summed E-state index contributed by atoms with van der Waals surface area (Å²) in [6, 6.07) is 8.62. The van der Waals surface area contributed by atoms with Crippen LogP contribution in [-0.2, 0) is 11.3 Å². The first-order valence-electron chi connectivity index (χ1n) is 7.99. The molecule has 0 saturated carbocycles. The molecule has 3 amide bonds. The standard InChI is InChI=1S/C17H23N5O2/c1-3-16(23)20-14-5-7-15(8-6-14)21-17(24)18-11-13(2)12-22-10-4-9-19-22/h4-10,13H,3,11-12H2,1-2H3,(H,20,23)(H2,18,21,24). The molecule has 1 unspecified atom stereocenters. The van der Waals surface area contributed by atoms with Crippen molar-refractivity contribution in [3.8, 4) is 0 Å². The Hall–Kier alpha value is -2.83. The van der Waals surface area contributed by atoms with E-state index in [0.29, 0.717) is 24.3 Å². The minimum absolute atomic E-state index is 0.0420. The zero-order valence-electron chi connectivity index (χ0n) is 14.0. The van der Waals surface area contributed by atoms with Crippen molar-refractivity contribution < 1.29 is 9.59 Å². The van der Waals surface area contributed by atoms with Crippen LogP contribution in [0.25, 0.3) is 0 Å². The molecule has 3 N–H and O–H groups in total. The molecule has 7 heteroatoms. The second-order valence-electron chi connectivity index (χ2n) is 5.65. The van der Waals surface area contributed by atoms with Gasteiger partial charge in [-0.1, -0.05) is 13.8 Å². The number of nitrogens with one attached hydrogen (secondary N) is 3. The first-order valence-corrected chi connectivity index (χ1v) is 7.99. The van der Waals surface area contributed by atoms with E-state index in [4.69, 9.17) is 0 Å². The van der Waals surface area contributed by atoms with Crippen molar-refractivity contribution in [2.45, 2.75) is 26.8 Å². The van der Waals surface area contributed by atoms with E-state index >= 15 is 0 Å². The topological polar surface area (TPSA) is 88.0 Å². The zero-order chi connectivity index (χ0) is 17.4. The highest BCUT2D eigenvalue weighted by molar-refractivity contribution is 5.92. The average Bonchev–Trinajstić information content (AvgIpc) is 3.07. The van der Waals surface area contributed by atoms with E-state index in [-0.39, 0.29) is 17.9 Å². The van der Waals surface area contributed by atoms with Gasteiger partial charge in [0.05, 0.1) is 0 Å². The lowest BCUT2D eigenvalue weighted by atomic mass is 10.2. The molecule has 0 fully saturated rings. The monoisotopic (exact) mass is 329 g/mol. The molecular formula is C17H23N5O2. The van der Waals surface area contributed by atoms with Crippen LogP contribution in [0.15, 0.2) is 42.7 Å². The van der Waals surface area contributed by atoms with Gasteiger partial charge < -0.3 is 16.0 Å². The van der Waals surface area contributed by atoms with E-state index in [1.165, 1.54) is 0 Å². The fourth-order valence-corrected chi connectivity index (χ4v) is 2.12. The molecule has 24 heavy (non-hydrogen) atoms. The van der Waals surface area contributed by atoms with E-state index in [9.17, 15) is 9.59 Å². The fourth-order valence-electron chi connectivity index (χ4n) is 2.12. The lowest BCUT2D eigenvalue weighted by molar-refractivity contribution is -0.115. The smallest absolute Gasteiger partial charge is 0.319 e. The number of aromatic nitrogens is 2. The number of urea groups is 1. The minimum Gasteiger partial charge on any atom is -0.338 e. The van der Waals surface area contributed by atoms with Crippen LogP contribution in [0.2, 0.25) is 0 Å². The van der Waals surface area contributed by atoms with Gasteiger partial charge in [-0.25, -0.2) is 4.79 Å². The summed E-state index contributed by atoms with van der Waals surface area (Å²) in [5, 5.41) is 12.5. The second kappa shape index (κ2) is 8.71. The number of hydrogen-bond donors (Lipinski definition) is 3. The van der Waals surface area contributed by atoms with Crippen LogP contribution in [-0.4, -0.2) is 28.3 Å². The van der Waals surface area contributed by atoms with Crippen molar-refractivity contribution in [3.63, 3.8) is 0 Å². The normalized spacial score (nSPS) is 11.6. The number of carbonyl (C=O) groups is 2. The van der Waals surface area contributed by atoms with E-state index in [1.54, 1.807) is 37.4 Å². The fraction of sp³-hybridized carbons (Fsp3) is 0.353. The van der Waals surface area contributed by atoms with Gasteiger partial charge in [-0.2, -0.15) is 5.10 Å². The molecule has 0 aliphatic rings. The molecule has 0 aliphatic carbocycles. The van der Waals surface area contributed by atoms with Gasteiger partial charge in [-0.05, 0) is 36.2 Å². The Morgan fingerprint density at radius 1 is 1.17 bits per heavy atom. The quantitative estimate of drug-likeness (QED) is 0.730. The maximum atomic E-state index is 11.9. The van der Waals surface area contributed by atoms with Crippen LogP contribution in [0.1, 0.15) is 20.3 Å². The summed E-state index contributed by atoms with van der Waals surface area (Å²) in [6.07, 6.45) is 4.06. The number of anilines is 2. The lowest BCUT2D eigenvalue weighted by Crippen LogP contribution is -2.33. The van der Waals surface area contributed by atoms with E-state index in [2.05, 4.69) is 21.0 Å². The summed E-state index contributed by atoms with van der Waals surface area (Å²) >= 11 is 0. The van der Waals surface area contributed by atoms with E-state index in [0.717, 1.165) is 6.54 Å². The predicted molar refractivity (Wildman–Crippen MR) is 93.8 cm³/mol. The first kappa shape index (κ1) is 17.5. The maximum Gasteiger partial charge on any atom is 0.319 e. The van der Waals surface area contributed by atoms with Gasteiger partial charge >= 0.3 is 6.03 Å². The minimum atomic E-state index is -0.257. The Morgan fingerprint density at radius 2 is 1.83 bits per heavy atom. The highest BCUT2D eigenvalue weighted by atomic mass is 16.2. The van der Waals surface area contributed by atoms with Crippen LogP contribution in [0.4, 0.5) is 16.2 Å². The van der Waals surface area contributed by atoms with Gasteiger partial charge in [0, 0.05) is 43.3 Å². The molecule has 1 atom stereocenters. The summed E-state index contributed by atoms with van der Waals surface area (Å²) in [5.41, 5.74) is 1.38. The van der Waals surface area contributed by atoms with Crippen LogP contribution in [0, 0.1) is 5.92 Å². The molecule has 1 aromatic carbocycles. The van der Waals surface area contributed by atoms with Crippen LogP contribution in [0.5, 0.6) is 0 Å². The Morgan fingerprint density at radius 3 is 2.42 bits per heavy atom. The van der Waals surface area contributed by atoms with E-state index < -0.39 is 0 Å². The van der Waals surface area contributed by atoms with Gasteiger partial charge in [-0.3, -0.25) is 9.48 Å². The van der Waals surface area contributed by atoms with E-state index in [1.807, 2.05) is 23.9 Å². The Labute approximate surface area is 141 Å². The molecule has 0 radical (unpaired) electrons. The van der Waals surface area contributed by atoms with Crippen LogP contribution in [0.3, 0.4) is 0 Å². The number of amides is 3. The number of rotatable bonds is 7. The van der Waals surface area contributed by atoms with Crippen molar-refractivity contribution in [1.29, 1.82) is 0 Å². The van der Waals surface area contributed by atoms with Crippen molar-refractivity contribution in [3.05, 3.63) is 42.7 Å². The summed E-state index contributed by atoms with van der Waals surface area (Å²) in [4.78, 5) is 23.2. The van der Waals surface area contributed by atoms with Crippen molar-refractivity contribution in [1.82, 2.24) is 15.1 Å². The zero-order valence-corrected chi connectivity index (χ0v) is 14.0. The molecule has 0 spiro atoms. The highest BCUT2D eigenvalue weighted by Gasteiger charge is 2.07. The number of nitrogens with zero attached hydrogens (tertiary/aromatic N) is 2. The third-order valence-electron chi connectivity index (χ3n) is 3.42. The Bertz CT molecular complexity index is 652. The summed E-state index contributed by atoms with van der Waals surface area (Å²) in [5.74, 6) is 0.224. The number of hydrogen-bond acceptors (Lipinski definition) is 3. The van der Waals surface area contributed by atoms with Crippen molar-refractivity contribution in [2.75, 3.05) is 17.2 Å². The lowest BCUT2D eigenvalue weighted by Gasteiger charge is -2.13. The van der Waals surface area contributed by atoms with Crippen molar-refractivity contribution in [2.24, 2.45) is 5.92 Å². The SMILES string of the molecule is CCC(=O)Nc1ccc(NC(=O)NCC(C)Cn2cccn2)cc1. The second-order valence-corrected chi connectivity index (χ2v) is 5.65. The summed E-state index contributed by atoms with van der Waals surface area (Å²) < 4.78 is 1.84. The van der Waals surface area contributed by atoms with Crippen LogP contribution < -0.4 is 16.0 Å². The maximum absolute atomic E-state index is 11.9. The summed E-state index contributed by atoms with van der Waals surface area (Å²) in [6.45, 7) is 5.14. The number of benzene rings is 1. The van der Waals surface area contributed by atoms with Gasteiger partial charge in [0.25, 0.3) is 0 Å². The molecule has 1 heterocycles. The third kappa shape index (κ3) is 5.75. The molecule has 0 bridgehead atoms. The molecule has 0 aliphatic heterocycles. The Balaban J connectivity index is 1.74. The van der Waals surface area contributed by atoms with Gasteiger partial charge in [0.2, 0.25) is 5.91 Å². The summed E-state index contributed by atoms with van der Waals surface area (Å²) in [7, 11) is 0. The van der Waals surface area contributed by atoms with Gasteiger partial charge in [-0.15, -0.1) is 0 Å². The molecule has 7 nitrogen and oxygen atoms in total. The van der Waals surface area contributed by atoms with Gasteiger partial charge in [0.1, 0.15) is 0 Å². The van der Waals surface area contributed by atoms with Crippen LogP contribution >= 0.6 is 0 Å². The number of carbonyl (C=O) groups excluding carboxylic acids is 2. The first-order chi connectivity index (χ1) is 11.6. The van der Waals surface area contributed by atoms with Gasteiger partial charge in [0.15, 0.2) is 0 Å². The molecular weight excluding hydrogens is 306 g/mol.